The molecule has 0 saturated heterocycles. The summed E-state index contributed by atoms with van der Waals surface area (Å²) in [4.78, 5) is 0. The number of ether oxygens (including phenoxy) is 1. The molecule has 0 amide bonds. The van der Waals surface area contributed by atoms with Gasteiger partial charge in [0.25, 0.3) is 0 Å². The summed E-state index contributed by atoms with van der Waals surface area (Å²) in [5.41, 5.74) is 1.22. The molecule has 0 bridgehead atoms. The van der Waals surface area contributed by atoms with Gasteiger partial charge >= 0.3 is 0 Å². The lowest BCUT2D eigenvalue weighted by Crippen LogP contribution is -2.26. The second kappa shape index (κ2) is 4.24. The van der Waals surface area contributed by atoms with E-state index in [9.17, 15) is 8.78 Å². The number of halogens is 2. The minimum atomic E-state index is -0.805. The van der Waals surface area contributed by atoms with E-state index in [1.54, 1.807) is 13.1 Å². The molecule has 15 heavy (non-hydrogen) atoms. The van der Waals surface area contributed by atoms with Crippen molar-refractivity contribution in [1.82, 2.24) is 5.32 Å². The standard InChI is InChI=1S/C11H13F2NO/c1-14-6-9-10-7(4-5-15-9)2-3-8(12)11(10)13/h2-3,9,14H,4-6H2,1H3/t9-/m0/s1. The molecule has 0 fully saturated rings. The van der Waals surface area contributed by atoms with Gasteiger partial charge in [-0.15, -0.1) is 0 Å². The highest BCUT2D eigenvalue weighted by atomic mass is 19.2. The van der Waals surface area contributed by atoms with Crippen molar-refractivity contribution in [3.63, 3.8) is 0 Å². The fourth-order valence-corrected chi connectivity index (χ4v) is 1.91. The lowest BCUT2D eigenvalue weighted by atomic mass is 9.96. The maximum Gasteiger partial charge on any atom is 0.164 e. The Morgan fingerprint density at radius 2 is 2.27 bits per heavy atom. The first-order valence-corrected chi connectivity index (χ1v) is 4.97. The van der Waals surface area contributed by atoms with Crippen molar-refractivity contribution in [2.75, 3.05) is 20.2 Å². The van der Waals surface area contributed by atoms with Crippen LogP contribution >= 0.6 is 0 Å². The van der Waals surface area contributed by atoms with Crippen molar-refractivity contribution in [3.05, 3.63) is 34.9 Å². The quantitative estimate of drug-likeness (QED) is 0.808. The van der Waals surface area contributed by atoms with Crippen molar-refractivity contribution in [3.8, 4) is 0 Å². The predicted molar refractivity (Wildman–Crippen MR) is 52.7 cm³/mol. The van der Waals surface area contributed by atoms with E-state index in [-0.39, 0.29) is 6.10 Å². The Balaban J connectivity index is 2.43. The fraction of sp³-hybridized carbons (Fsp3) is 0.455. The van der Waals surface area contributed by atoms with Crippen LogP contribution in [0.25, 0.3) is 0 Å². The van der Waals surface area contributed by atoms with E-state index in [1.807, 2.05) is 0 Å². The third-order valence-electron chi connectivity index (χ3n) is 2.62. The van der Waals surface area contributed by atoms with Crippen LogP contribution < -0.4 is 5.32 Å². The van der Waals surface area contributed by atoms with Crippen molar-refractivity contribution >= 4 is 0 Å². The third kappa shape index (κ3) is 1.87. The average molecular weight is 213 g/mol. The van der Waals surface area contributed by atoms with E-state index in [2.05, 4.69) is 5.32 Å². The zero-order valence-corrected chi connectivity index (χ0v) is 8.52. The van der Waals surface area contributed by atoms with E-state index in [0.717, 1.165) is 5.56 Å². The van der Waals surface area contributed by atoms with Gasteiger partial charge in [-0.3, -0.25) is 0 Å². The Kier molecular flexibility index (Phi) is 2.98. The Bertz CT molecular complexity index is 368. The molecular formula is C11H13F2NO. The highest BCUT2D eigenvalue weighted by molar-refractivity contribution is 5.33. The molecular weight excluding hydrogens is 200 g/mol. The second-order valence-electron chi connectivity index (χ2n) is 3.60. The maximum atomic E-state index is 13.6. The van der Waals surface area contributed by atoms with Crippen LogP contribution in [-0.2, 0) is 11.2 Å². The van der Waals surface area contributed by atoms with Gasteiger partial charge in [0.15, 0.2) is 11.6 Å². The molecule has 1 aromatic rings. The SMILES string of the molecule is CNC[C@@H]1OCCc2ccc(F)c(F)c21. The van der Waals surface area contributed by atoms with Crippen molar-refractivity contribution < 1.29 is 13.5 Å². The zero-order chi connectivity index (χ0) is 10.8. The molecule has 82 valence electrons. The molecule has 1 N–H and O–H groups in total. The van der Waals surface area contributed by atoms with Crippen LogP contribution in [0.5, 0.6) is 0 Å². The summed E-state index contributed by atoms with van der Waals surface area (Å²) in [5.74, 6) is -1.58. The summed E-state index contributed by atoms with van der Waals surface area (Å²) in [6.07, 6.45) is 0.265. The van der Waals surface area contributed by atoms with Crippen LogP contribution in [-0.4, -0.2) is 20.2 Å². The lowest BCUT2D eigenvalue weighted by Gasteiger charge is -2.26. The number of hydrogen-bond donors (Lipinski definition) is 1. The fourth-order valence-electron chi connectivity index (χ4n) is 1.91. The van der Waals surface area contributed by atoms with Crippen molar-refractivity contribution in [2.45, 2.75) is 12.5 Å². The number of rotatable bonds is 2. The van der Waals surface area contributed by atoms with Crippen molar-refractivity contribution in [2.24, 2.45) is 0 Å². The molecule has 1 aromatic carbocycles. The van der Waals surface area contributed by atoms with Gasteiger partial charge < -0.3 is 10.1 Å². The molecule has 2 rings (SSSR count). The Labute approximate surface area is 87.2 Å². The highest BCUT2D eigenvalue weighted by Gasteiger charge is 2.25. The van der Waals surface area contributed by atoms with Crippen LogP contribution in [0.1, 0.15) is 17.2 Å². The van der Waals surface area contributed by atoms with Crippen LogP contribution in [0.4, 0.5) is 8.78 Å². The summed E-state index contributed by atoms with van der Waals surface area (Å²) in [5, 5.41) is 2.91. The third-order valence-corrected chi connectivity index (χ3v) is 2.62. The largest absolute Gasteiger partial charge is 0.372 e. The molecule has 0 saturated carbocycles. The second-order valence-corrected chi connectivity index (χ2v) is 3.60. The molecule has 0 aromatic heterocycles. The Hall–Kier alpha value is -1.00. The first-order valence-electron chi connectivity index (χ1n) is 4.97. The van der Waals surface area contributed by atoms with E-state index < -0.39 is 11.6 Å². The Morgan fingerprint density at radius 3 is 3.00 bits per heavy atom. The number of benzene rings is 1. The first kappa shape index (κ1) is 10.5. The monoisotopic (exact) mass is 213 g/mol. The molecule has 1 heterocycles. The van der Waals surface area contributed by atoms with Gasteiger partial charge in [-0.2, -0.15) is 0 Å². The molecule has 1 aliphatic heterocycles. The molecule has 1 atom stereocenters. The lowest BCUT2D eigenvalue weighted by molar-refractivity contribution is 0.0404. The van der Waals surface area contributed by atoms with Gasteiger partial charge in [-0.1, -0.05) is 6.07 Å². The minimum absolute atomic E-state index is 0.371. The topological polar surface area (TPSA) is 21.3 Å². The van der Waals surface area contributed by atoms with E-state index in [0.29, 0.717) is 25.1 Å². The van der Waals surface area contributed by atoms with E-state index in [4.69, 9.17) is 4.74 Å². The Morgan fingerprint density at radius 1 is 1.47 bits per heavy atom. The summed E-state index contributed by atoms with van der Waals surface area (Å²) in [7, 11) is 1.76. The van der Waals surface area contributed by atoms with Gasteiger partial charge in [0.1, 0.15) is 0 Å². The zero-order valence-electron chi connectivity index (χ0n) is 8.52. The molecule has 0 aliphatic carbocycles. The summed E-state index contributed by atoms with van der Waals surface area (Å²) >= 11 is 0. The summed E-state index contributed by atoms with van der Waals surface area (Å²) in [6.45, 7) is 1.05. The van der Waals surface area contributed by atoms with Crippen molar-refractivity contribution in [1.29, 1.82) is 0 Å². The maximum absolute atomic E-state index is 13.6. The minimum Gasteiger partial charge on any atom is -0.372 e. The van der Waals surface area contributed by atoms with E-state index >= 15 is 0 Å². The smallest absolute Gasteiger partial charge is 0.164 e. The van der Waals surface area contributed by atoms with E-state index in [1.165, 1.54) is 6.07 Å². The van der Waals surface area contributed by atoms with Crippen LogP contribution in [0.15, 0.2) is 12.1 Å². The normalized spacial score (nSPS) is 20.1. The average Bonchev–Trinajstić information content (AvgIpc) is 2.24. The number of hydrogen-bond acceptors (Lipinski definition) is 2. The molecule has 0 spiro atoms. The summed E-state index contributed by atoms with van der Waals surface area (Å²) in [6, 6.07) is 2.81. The molecule has 0 unspecified atom stereocenters. The molecule has 2 nitrogen and oxygen atoms in total. The van der Waals surface area contributed by atoms with Crippen LogP contribution in [0.2, 0.25) is 0 Å². The number of nitrogens with one attached hydrogen (secondary N) is 1. The first-order chi connectivity index (χ1) is 7.24. The highest BCUT2D eigenvalue weighted by Crippen LogP contribution is 2.30. The van der Waals surface area contributed by atoms with Gasteiger partial charge in [0.2, 0.25) is 0 Å². The predicted octanol–water partition coefficient (Wildman–Crippen LogP) is 1.80. The van der Waals surface area contributed by atoms with Crippen LogP contribution in [0, 0.1) is 11.6 Å². The van der Waals surface area contributed by atoms with Gasteiger partial charge in [0, 0.05) is 12.1 Å². The number of likely N-dealkylation sites (N-methyl/N-ethyl adjacent to an activating group) is 1. The van der Waals surface area contributed by atoms with Gasteiger partial charge in [-0.05, 0) is 25.1 Å². The number of fused-ring (bicyclic) bond motifs is 1. The molecule has 1 aliphatic rings. The van der Waals surface area contributed by atoms with Crippen LogP contribution in [0.3, 0.4) is 0 Å². The summed E-state index contributed by atoms with van der Waals surface area (Å²) < 4.78 is 32.1. The van der Waals surface area contributed by atoms with Gasteiger partial charge in [0.05, 0.1) is 12.7 Å². The molecule has 4 heteroatoms. The van der Waals surface area contributed by atoms with Gasteiger partial charge in [-0.25, -0.2) is 8.78 Å². The molecule has 0 radical (unpaired) electrons.